The minimum absolute atomic E-state index is 0.351. The molecule has 0 aliphatic rings. The first-order chi connectivity index (χ1) is 14.3. The second-order valence-corrected chi connectivity index (χ2v) is 7.51. The highest BCUT2D eigenvalue weighted by molar-refractivity contribution is 6.24. The van der Waals surface area contributed by atoms with Crippen LogP contribution in [0, 0.1) is 0 Å². The summed E-state index contributed by atoms with van der Waals surface area (Å²) in [7, 11) is 0. The first kappa shape index (κ1) is 16.1. The van der Waals surface area contributed by atoms with Crippen molar-refractivity contribution in [2.75, 3.05) is 0 Å². The Hall–Kier alpha value is -3.84. The highest BCUT2D eigenvalue weighted by atomic mass is 16.3. The molecule has 0 atom stereocenters. The van der Waals surface area contributed by atoms with Crippen LogP contribution in [0.15, 0.2) is 103 Å². The number of fused-ring (bicyclic) bond motifs is 4. The van der Waals surface area contributed by atoms with Gasteiger partial charge >= 0.3 is 0 Å². The second-order valence-electron chi connectivity index (χ2n) is 7.51. The van der Waals surface area contributed by atoms with E-state index in [4.69, 9.17) is 0 Å². The number of benzene rings is 6. The molecule has 0 saturated carbocycles. The molecule has 6 aromatic rings. The van der Waals surface area contributed by atoms with Gasteiger partial charge in [-0.2, -0.15) is 0 Å². The molecular formula is C28H18O. The standard InChI is InChI=1S/C28H18O/c29-28-24-15-7-5-13-22(24)27(23-14-6-8-16-25(23)28)26-20-11-3-1-9-18(20)17-19-10-2-4-12-21(19)26/h1-17,29H. The van der Waals surface area contributed by atoms with Crippen molar-refractivity contribution in [3.05, 3.63) is 103 Å². The van der Waals surface area contributed by atoms with Crippen molar-refractivity contribution in [3.8, 4) is 16.9 Å². The van der Waals surface area contributed by atoms with Crippen LogP contribution >= 0.6 is 0 Å². The lowest BCUT2D eigenvalue weighted by Crippen LogP contribution is -1.90. The molecule has 0 saturated heterocycles. The Morgan fingerprint density at radius 3 is 1.21 bits per heavy atom. The predicted molar refractivity (Wildman–Crippen MR) is 124 cm³/mol. The maximum Gasteiger partial charge on any atom is 0.131 e. The molecule has 1 N–H and O–H groups in total. The summed E-state index contributed by atoms with van der Waals surface area (Å²) in [5.74, 6) is 0.351. The highest BCUT2D eigenvalue weighted by Gasteiger charge is 2.18. The monoisotopic (exact) mass is 370 g/mol. The zero-order valence-corrected chi connectivity index (χ0v) is 15.8. The molecule has 0 heterocycles. The van der Waals surface area contributed by atoms with Crippen molar-refractivity contribution in [1.29, 1.82) is 0 Å². The molecule has 0 spiro atoms. The average Bonchev–Trinajstić information content (AvgIpc) is 2.79. The van der Waals surface area contributed by atoms with E-state index in [9.17, 15) is 5.11 Å². The van der Waals surface area contributed by atoms with Gasteiger partial charge in [-0.25, -0.2) is 0 Å². The molecule has 0 unspecified atom stereocenters. The summed E-state index contributed by atoms with van der Waals surface area (Å²) >= 11 is 0. The Morgan fingerprint density at radius 2 is 0.724 bits per heavy atom. The third kappa shape index (κ3) is 2.28. The van der Waals surface area contributed by atoms with Crippen LogP contribution in [0.1, 0.15) is 0 Å². The van der Waals surface area contributed by atoms with E-state index in [0.717, 1.165) is 21.5 Å². The molecule has 1 nitrogen and oxygen atoms in total. The van der Waals surface area contributed by atoms with Crippen LogP contribution in [0.5, 0.6) is 5.75 Å². The van der Waals surface area contributed by atoms with Gasteiger partial charge in [-0.05, 0) is 49.5 Å². The van der Waals surface area contributed by atoms with Crippen molar-refractivity contribution in [1.82, 2.24) is 0 Å². The number of rotatable bonds is 1. The van der Waals surface area contributed by atoms with Crippen molar-refractivity contribution < 1.29 is 5.11 Å². The molecule has 0 fully saturated rings. The Labute approximate surface area is 168 Å². The molecule has 0 radical (unpaired) electrons. The Bertz CT molecular complexity index is 1450. The lowest BCUT2D eigenvalue weighted by Gasteiger charge is -2.18. The van der Waals surface area contributed by atoms with Crippen LogP contribution in [-0.4, -0.2) is 5.11 Å². The predicted octanol–water partition coefficient (Wildman–Crippen LogP) is 7.67. The summed E-state index contributed by atoms with van der Waals surface area (Å²) < 4.78 is 0. The summed E-state index contributed by atoms with van der Waals surface area (Å²) in [6, 6.07) is 35.7. The first-order valence-corrected chi connectivity index (χ1v) is 9.86. The zero-order chi connectivity index (χ0) is 19.4. The normalized spacial score (nSPS) is 11.6. The average molecular weight is 370 g/mol. The maximum absolute atomic E-state index is 11.0. The van der Waals surface area contributed by atoms with Gasteiger partial charge in [0.25, 0.3) is 0 Å². The van der Waals surface area contributed by atoms with Crippen LogP contribution in [0.4, 0.5) is 0 Å². The summed E-state index contributed by atoms with van der Waals surface area (Å²) in [6.07, 6.45) is 0. The van der Waals surface area contributed by atoms with E-state index in [2.05, 4.69) is 66.7 Å². The van der Waals surface area contributed by atoms with Crippen LogP contribution in [0.25, 0.3) is 54.2 Å². The van der Waals surface area contributed by atoms with Crippen molar-refractivity contribution in [2.24, 2.45) is 0 Å². The Morgan fingerprint density at radius 1 is 0.379 bits per heavy atom. The Kier molecular flexibility index (Phi) is 3.39. The fourth-order valence-corrected chi connectivity index (χ4v) is 4.66. The number of phenols is 1. The van der Waals surface area contributed by atoms with Crippen LogP contribution < -0.4 is 0 Å². The van der Waals surface area contributed by atoms with Gasteiger partial charge in [0.1, 0.15) is 5.75 Å². The van der Waals surface area contributed by atoms with Gasteiger partial charge in [0.15, 0.2) is 0 Å². The number of hydrogen-bond acceptors (Lipinski definition) is 1. The number of hydrogen-bond donors (Lipinski definition) is 1. The van der Waals surface area contributed by atoms with E-state index in [1.165, 1.54) is 32.7 Å². The largest absolute Gasteiger partial charge is 0.507 e. The van der Waals surface area contributed by atoms with Gasteiger partial charge in [-0.15, -0.1) is 0 Å². The topological polar surface area (TPSA) is 20.2 Å². The molecular weight excluding hydrogens is 352 g/mol. The quantitative estimate of drug-likeness (QED) is 0.294. The van der Waals surface area contributed by atoms with Crippen LogP contribution in [0.3, 0.4) is 0 Å². The second kappa shape index (κ2) is 6.08. The van der Waals surface area contributed by atoms with Crippen molar-refractivity contribution in [2.45, 2.75) is 0 Å². The van der Waals surface area contributed by atoms with Crippen LogP contribution in [-0.2, 0) is 0 Å². The Balaban J connectivity index is 1.96. The molecule has 0 aromatic heterocycles. The molecule has 136 valence electrons. The number of aromatic hydroxyl groups is 1. The van der Waals surface area contributed by atoms with Crippen LogP contribution in [0.2, 0.25) is 0 Å². The van der Waals surface area contributed by atoms with E-state index in [-0.39, 0.29) is 0 Å². The fraction of sp³-hybridized carbons (Fsp3) is 0. The van der Waals surface area contributed by atoms with E-state index < -0.39 is 0 Å². The van der Waals surface area contributed by atoms with Crippen molar-refractivity contribution in [3.63, 3.8) is 0 Å². The lowest BCUT2D eigenvalue weighted by atomic mass is 9.86. The lowest BCUT2D eigenvalue weighted by molar-refractivity contribution is 0.488. The molecule has 6 rings (SSSR count). The molecule has 0 aliphatic heterocycles. The third-order valence-electron chi connectivity index (χ3n) is 5.92. The van der Waals surface area contributed by atoms with Gasteiger partial charge in [0, 0.05) is 10.8 Å². The SMILES string of the molecule is Oc1c2ccccc2c(-c2c3ccccc3cc3ccccc23)c2ccccc12. The van der Waals surface area contributed by atoms with Gasteiger partial charge in [0.2, 0.25) is 0 Å². The van der Waals surface area contributed by atoms with Gasteiger partial charge < -0.3 is 5.11 Å². The fourth-order valence-electron chi connectivity index (χ4n) is 4.66. The van der Waals surface area contributed by atoms with Gasteiger partial charge in [-0.3, -0.25) is 0 Å². The first-order valence-electron chi connectivity index (χ1n) is 9.86. The molecule has 1 heteroatoms. The third-order valence-corrected chi connectivity index (χ3v) is 5.92. The van der Waals surface area contributed by atoms with E-state index in [0.29, 0.717) is 5.75 Å². The van der Waals surface area contributed by atoms with Crippen molar-refractivity contribution >= 4 is 43.1 Å². The minimum Gasteiger partial charge on any atom is -0.507 e. The summed E-state index contributed by atoms with van der Waals surface area (Å²) in [4.78, 5) is 0. The molecule has 0 aliphatic carbocycles. The van der Waals surface area contributed by atoms with E-state index >= 15 is 0 Å². The summed E-state index contributed by atoms with van der Waals surface area (Å²) in [6.45, 7) is 0. The molecule has 6 aromatic carbocycles. The van der Waals surface area contributed by atoms with Gasteiger partial charge in [0.05, 0.1) is 0 Å². The smallest absolute Gasteiger partial charge is 0.131 e. The maximum atomic E-state index is 11.0. The van der Waals surface area contributed by atoms with E-state index in [1.54, 1.807) is 0 Å². The summed E-state index contributed by atoms with van der Waals surface area (Å²) in [5.41, 5.74) is 2.41. The molecule has 0 amide bonds. The zero-order valence-electron chi connectivity index (χ0n) is 15.8. The molecule has 0 bridgehead atoms. The van der Waals surface area contributed by atoms with Gasteiger partial charge in [-0.1, -0.05) is 97.1 Å². The number of phenolic OH excluding ortho intramolecular Hbond substituents is 1. The highest BCUT2D eigenvalue weighted by Crippen LogP contribution is 2.46. The summed E-state index contributed by atoms with van der Waals surface area (Å²) in [5, 5.41) is 19.8. The molecule has 29 heavy (non-hydrogen) atoms. The minimum atomic E-state index is 0.351. The van der Waals surface area contributed by atoms with E-state index in [1.807, 2.05) is 36.4 Å².